The van der Waals surface area contributed by atoms with Crippen molar-refractivity contribution in [3.8, 4) is 0 Å². The SMILES string of the molecule is Cc1ccc(CN2CCNC(=O)C2CC(=O)NCCc2n[nH]c(=O)[nH]2)cc1. The Kier molecular flexibility index (Phi) is 6.02. The Morgan fingerprint density at radius 2 is 2.07 bits per heavy atom. The van der Waals surface area contributed by atoms with E-state index < -0.39 is 6.04 Å². The van der Waals surface area contributed by atoms with Gasteiger partial charge in [0.05, 0.1) is 12.5 Å². The summed E-state index contributed by atoms with van der Waals surface area (Å²) in [5, 5.41) is 11.7. The zero-order valence-corrected chi connectivity index (χ0v) is 15.2. The van der Waals surface area contributed by atoms with Crippen molar-refractivity contribution in [1.82, 2.24) is 30.7 Å². The number of aromatic amines is 2. The van der Waals surface area contributed by atoms with Gasteiger partial charge in [0.25, 0.3) is 0 Å². The van der Waals surface area contributed by atoms with Crippen LogP contribution in [0.1, 0.15) is 23.4 Å². The summed E-state index contributed by atoms with van der Waals surface area (Å²) in [7, 11) is 0. The monoisotopic (exact) mass is 372 g/mol. The van der Waals surface area contributed by atoms with Crippen LogP contribution in [-0.2, 0) is 22.6 Å². The summed E-state index contributed by atoms with van der Waals surface area (Å²) in [6.07, 6.45) is 0.503. The van der Waals surface area contributed by atoms with Gasteiger partial charge in [0, 0.05) is 32.6 Å². The highest BCUT2D eigenvalue weighted by atomic mass is 16.2. The Morgan fingerprint density at radius 1 is 1.30 bits per heavy atom. The third-order valence-corrected chi connectivity index (χ3v) is 4.56. The third-order valence-electron chi connectivity index (χ3n) is 4.56. The van der Waals surface area contributed by atoms with E-state index in [1.54, 1.807) is 0 Å². The number of hydrogen-bond acceptors (Lipinski definition) is 5. The molecule has 1 aromatic carbocycles. The first-order valence-electron chi connectivity index (χ1n) is 8.99. The predicted octanol–water partition coefficient (Wildman–Crippen LogP) is -0.544. The van der Waals surface area contributed by atoms with Crippen LogP contribution in [0.5, 0.6) is 0 Å². The number of hydrogen-bond donors (Lipinski definition) is 4. The summed E-state index contributed by atoms with van der Waals surface area (Å²) in [5.41, 5.74) is 1.93. The highest BCUT2D eigenvalue weighted by molar-refractivity contribution is 5.88. The molecule has 27 heavy (non-hydrogen) atoms. The average Bonchev–Trinajstić information content (AvgIpc) is 3.05. The lowest BCUT2D eigenvalue weighted by molar-refractivity contribution is -0.134. The Hall–Kier alpha value is -2.94. The number of piperazine rings is 1. The van der Waals surface area contributed by atoms with Gasteiger partial charge in [0.2, 0.25) is 11.8 Å². The number of carbonyl (C=O) groups is 2. The predicted molar refractivity (Wildman–Crippen MR) is 98.9 cm³/mol. The van der Waals surface area contributed by atoms with Gasteiger partial charge in [-0.2, -0.15) is 5.10 Å². The molecule has 0 bridgehead atoms. The van der Waals surface area contributed by atoms with Crippen LogP contribution in [0.2, 0.25) is 0 Å². The summed E-state index contributed by atoms with van der Waals surface area (Å²) >= 11 is 0. The Labute approximate surface area is 156 Å². The smallest absolute Gasteiger partial charge is 0.340 e. The quantitative estimate of drug-likeness (QED) is 0.520. The maximum absolute atomic E-state index is 12.3. The molecule has 1 aliphatic rings. The topological polar surface area (TPSA) is 123 Å². The van der Waals surface area contributed by atoms with Crippen LogP contribution in [0.3, 0.4) is 0 Å². The van der Waals surface area contributed by atoms with Crippen molar-refractivity contribution in [3.05, 3.63) is 51.7 Å². The first-order valence-corrected chi connectivity index (χ1v) is 8.99. The normalized spacial score (nSPS) is 17.5. The van der Waals surface area contributed by atoms with E-state index in [0.29, 0.717) is 38.4 Å². The maximum Gasteiger partial charge on any atom is 0.340 e. The van der Waals surface area contributed by atoms with Crippen LogP contribution in [0.25, 0.3) is 0 Å². The van der Waals surface area contributed by atoms with Crippen molar-refractivity contribution in [2.45, 2.75) is 32.4 Å². The fourth-order valence-corrected chi connectivity index (χ4v) is 3.09. The maximum atomic E-state index is 12.3. The minimum Gasteiger partial charge on any atom is -0.356 e. The summed E-state index contributed by atoms with van der Waals surface area (Å²) in [5.74, 6) is 0.153. The molecule has 0 aliphatic carbocycles. The summed E-state index contributed by atoms with van der Waals surface area (Å²) in [6, 6.07) is 7.68. The van der Waals surface area contributed by atoms with Gasteiger partial charge in [-0.25, -0.2) is 9.89 Å². The van der Waals surface area contributed by atoms with Crippen LogP contribution in [0.4, 0.5) is 0 Å². The van der Waals surface area contributed by atoms with Gasteiger partial charge in [-0.05, 0) is 12.5 Å². The molecular weight excluding hydrogens is 348 g/mol. The van der Waals surface area contributed by atoms with Crippen molar-refractivity contribution in [2.75, 3.05) is 19.6 Å². The summed E-state index contributed by atoms with van der Waals surface area (Å²) in [6.45, 7) is 4.28. The van der Waals surface area contributed by atoms with E-state index >= 15 is 0 Å². The molecule has 9 nitrogen and oxygen atoms in total. The molecule has 4 N–H and O–H groups in total. The fourth-order valence-electron chi connectivity index (χ4n) is 3.09. The van der Waals surface area contributed by atoms with Gasteiger partial charge >= 0.3 is 5.69 Å². The van der Waals surface area contributed by atoms with E-state index in [1.165, 1.54) is 5.56 Å². The van der Waals surface area contributed by atoms with Crippen LogP contribution >= 0.6 is 0 Å². The lowest BCUT2D eigenvalue weighted by Gasteiger charge is -2.34. The van der Waals surface area contributed by atoms with Gasteiger partial charge in [-0.3, -0.25) is 19.5 Å². The van der Waals surface area contributed by atoms with E-state index in [2.05, 4.69) is 25.8 Å². The van der Waals surface area contributed by atoms with Gasteiger partial charge in [0.1, 0.15) is 5.82 Å². The number of nitrogens with one attached hydrogen (secondary N) is 4. The second-order valence-electron chi connectivity index (χ2n) is 6.69. The molecule has 3 rings (SSSR count). The Bertz CT molecular complexity index is 841. The second-order valence-corrected chi connectivity index (χ2v) is 6.69. The number of carbonyl (C=O) groups excluding carboxylic acids is 2. The van der Waals surface area contributed by atoms with E-state index in [4.69, 9.17) is 0 Å². The lowest BCUT2D eigenvalue weighted by Crippen LogP contribution is -2.56. The molecule has 1 fully saturated rings. The number of aryl methyl sites for hydroxylation is 1. The number of aromatic nitrogens is 3. The lowest BCUT2D eigenvalue weighted by atomic mass is 10.1. The van der Waals surface area contributed by atoms with Crippen LogP contribution in [0, 0.1) is 6.92 Å². The van der Waals surface area contributed by atoms with Crippen molar-refractivity contribution in [1.29, 1.82) is 0 Å². The number of nitrogens with zero attached hydrogens (tertiary/aromatic N) is 2. The molecule has 1 unspecified atom stereocenters. The van der Waals surface area contributed by atoms with Gasteiger partial charge in [-0.15, -0.1) is 0 Å². The molecule has 2 amide bonds. The van der Waals surface area contributed by atoms with E-state index in [0.717, 1.165) is 5.56 Å². The summed E-state index contributed by atoms with van der Waals surface area (Å²) in [4.78, 5) is 40.1. The number of H-pyrrole nitrogens is 2. The first-order chi connectivity index (χ1) is 13.0. The highest BCUT2D eigenvalue weighted by Gasteiger charge is 2.31. The molecule has 0 radical (unpaired) electrons. The Balaban J connectivity index is 1.54. The zero-order chi connectivity index (χ0) is 19.2. The van der Waals surface area contributed by atoms with Crippen molar-refractivity contribution < 1.29 is 9.59 Å². The van der Waals surface area contributed by atoms with Crippen LogP contribution in [0.15, 0.2) is 29.1 Å². The number of rotatable bonds is 7. The second kappa shape index (κ2) is 8.63. The van der Waals surface area contributed by atoms with Gasteiger partial charge in [-0.1, -0.05) is 29.8 Å². The average molecular weight is 372 g/mol. The zero-order valence-electron chi connectivity index (χ0n) is 15.2. The van der Waals surface area contributed by atoms with Crippen molar-refractivity contribution in [3.63, 3.8) is 0 Å². The van der Waals surface area contributed by atoms with E-state index in [9.17, 15) is 14.4 Å². The van der Waals surface area contributed by atoms with Crippen LogP contribution in [-0.4, -0.2) is 57.6 Å². The molecule has 1 saturated heterocycles. The standard InChI is InChI=1S/C18H24N6O3/c1-12-2-4-13(5-3-12)11-24-9-8-20-17(26)14(24)10-16(25)19-7-6-15-21-18(27)23-22-15/h2-5,14H,6-11H2,1H3,(H,19,25)(H,20,26)(H2,21,22,23,27). The van der Waals surface area contributed by atoms with Crippen molar-refractivity contribution in [2.24, 2.45) is 0 Å². The first kappa shape index (κ1) is 18.8. The molecule has 1 atom stereocenters. The molecule has 0 saturated carbocycles. The number of benzene rings is 1. The molecule has 0 spiro atoms. The third kappa shape index (κ3) is 5.27. The molecule has 144 valence electrons. The van der Waals surface area contributed by atoms with E-state index in [-0.39, 0.29) is 23.9 Å². The van der Waals surface area contributed by atoms with Gasteiger partial charge < -0.3 is 10.6 Å². The Morgan fingerprint density at radius 3 is 2.78 bits per heavy atom. The molecule has 2 heterocycles. The van der Waals surface area contributed by atoms with Crippen LogP contribution < -0.4 is 16.3 Å². The highest BCUT2D eigenvalue weighted by Crippen LogP contribution is 2.14. The molecular formula is C18H24N6O3. The van der Waals surface area contributed by atoms with Crippen molar-refractivity contribution >= 4 is 11.8 Å². The minimum absolute atomic E-state index is 0.0920. The minimum atomic E-state index is -0.495. The fraction of sp³-hybridized carbons (Fsp3) is 0.444. The molecule has 2 aromatic rings. The number of amides is 2. The summed E-state index contributed by atoms with van der Waals surface area (Å²) < 4.78 is 0. The molecule has 9 heteroatoms. The van der Waals surface area contributed by atoms with E-state index in [1.807, 2.05) is 36.1 Å². The molecule has 1 aromatic heterocycles. The van der Waals surface area contributed by atoms with Gasteiger partial charge in [0.15, 0.2) is 0 Å². The largest absolute Gasteiger partial charge is 0.356 e. The molecule has 1 aliphatic heterocycles.